The van der Waals surface area contributed by atoms with Crippen molar-refractivity contribution in [3.63, 3.8) is 0 Å². The Morgan fingerprint density at radius 2 is 1.94 bits per heavy atom. The van der Waals surface area contributed by atoms with Crippen LogP contribution in [0.4, 0.5) is 8.78 Å². The maximum atomic E-state index is 13.7. The first kappa shape index (κ1) is 12.2. The Morgan fingerprint density at radius 1 is 1.24 bits per heavy atom. The van der Waals surface area contributed by atoms with Crippen molar-refractivity contribution in [1.29, 1.82) is 0 Å². The summed E-state index contributed by atoms with van der Waals surface area (Å²) in [6, 6.07) is 2.86. The van der Waals surface area contributed by atoms with Gasteiger partial charge >= 0.3 is 0 Å². The summed E-state index contributed by atoms with van der Waals surface area (Å²) in [5.41, 5.74) is 0.144. The van der Waals surface area contributed by atoms with E-state index in [0.717, 1.165) is 19.3 Å². The molecule has 2 atom stereocenters. The van der Waals surface area contributed by atoms with Gasteiger partial charge in [-0.2, -0.15) is 0 Å². The van der Waals surface area contributed by atoms with Crippen molar-refractivity contribution in [3.05, 3.63) is 34.9 Å². The van der Waals surface area contributed by atoms with Crippen LogP contribution in [0.2, 0.25) is 0 Å². The monoisotopic (exact) mass is 238 g/mol. The summed E-state index contributed by atoms with van der Waals surface area (Å²) >= 11 is 0. The molecule has 0 spiro atoms. The molecule has 0 N–H and O–H groups in total. The van der Waals surface area contributed by atoms with Crippen LogP contribution in [0.3, 0.4) is 0 Å². The van der Waals surface area contributed by atoms with Crippen LogP contribution in [0.1, 0.15) is 42.1 Å². The summed E-state index contributed by atoms with van der Waals surface area (Å²) in [4.78, 5) is 12.1. The molecule has 0 saturated heterocycles. The molecular weight excluding hydrogens is 222 g/mol. The number of benzene rings is 1. The third kappa shape index (κ3) is 2.24. The van der Waals surface area contributed by atoms with Gasteiger partial charge in [0.2, 0.25) is 0 Å². The van der Waals surface area contributed by atoms with Crippen LogP contribution in [-0.2, 0) is 0 Å². The number of hydrogen-bond acceptors (Lipinski definition) is 1. The maximum Gasteiger partial charge on any atom is 0.169 e. The van der Waals surface area contributed by atoms with Gasteiger partial charge in [-0.1, -0.05) is 13.0 Å². The minimum Gasteiger partial charge on any atom is -0.294 e. The second-order valence-corrected chi connectivity index (χ2v) is 5.04. The average molecular weight is 238 g/mol. The van der Waals surface area contributed by atoms with E-state index in [0.29, 0.717) is 5.92 Å². The molecule has 0 amide bonds. The predicted octanol–water partition coefficient (Wildman–Crippen LogP) is 3.89. The molecule has 1 aliphatic rings. The van der Waals surface area contributed by atoms with E-state index >= 15 is 0 Å². The Hall–Kier alpha value is -1.25. The van der Waals surface area contributed by atoms with Gasteiger partial charge in [0, 0.05) is 5.92 Å². The van der Waals surface area contributed by atoms with E-state index in [-0.39, 0.29) is 22.8 Å². The number of carbonyl (C=O) groups excluding carboxylic acids is 1. The number of carbonyl (C=O) groups is 1. The van der Waals surface area contributed by atoms with Crippen LogP contribution >= 0.6 is 0 Å². The summed E-state index contributed by atoms with van der Waals surface area (Å²) in [5.74, 6) is -1.77. The largest absolute Gasteiger partial charge is 0.294 e. The zero-order chi connectivity index (χ0) is 12.6. The number of halogens is 2. The third-order valence-electron chi connectivity index (χ3n) is 3.61. The molecule has 1 aliphatic carbocycles. The van der Waals surface area contributed by atoms with Crippen LogP contribution in [0.15, 0.2) is 12.1 Å². The first-order chi connectivity index (χ1) is 8.00. The van der Waals surface area contributed by atoms with Crippen molar-refractivity contribution >= 4 is 5.78 Å². The quantitative estimate of drug-likeness (QED) is 0.714. The summed E-state index contributed by atoms with van der Waals surface area (Å²) in [7, 11) is 0. The van der Waals surface area contributed by atoms with Crippen molar-refractivity contribution in [3.8, 4) is 0 Å². The summed E-state index contributed by atoms with van der Waals surface area (Å²) in [5, 5.41) is 0. The second-order valence-electron chi connectivity index (χ2n) is 5.04. The van der Waals surface area contributed by atoms with Crippen LogP contribution < -0.4 is 0 Å². The lowest BCUT2D eigenvalue weighted by Gasteiger charge is -2.10. The standard InChI is InChI=1S/C14H16F2O/c1-8-3-5-10(7-8)14(17)11-6-4-9(2)12(15)13(11)16/h4,6,8,10H,3,5,7H2,1-2H3. The first-order valence-corrected chi connectivity index (χ1v) is 5.99. The van der Waals surface area contributed by atoms with Crippen molar-refractivity contribution in [2.75, 3.05) is 0 Å². The summed E-state index contributed by atoms with van der Waals surface area (Å²) < 4.78 is 27.1. The van der Waals surface area contributed by atoms with Gasteiger partial charge in [-0.3, -0.25) is 4.79 Å². The van der Waals surface area contributed by atoms with Gasteiger partial charge in [-0.25, -0.2) is 8.78 Å². The van der Waals surface area contributed by atoms with Gasteiger partial charge in [-0.15, -0.1) is 0 Å². The molecule has 3 heteroatoms. The molecule has 92 valence electrons. The SMILES string of the molecule is Cc1ccc(C(=O)C2CCC(C)C2)c(F)c1F. The van der Waals surface area contributed by atoms with E-state index in [4.69, 9.17) is 0 Å². The van der Waals surface area contributed by atoms with Crippen LogP contribution in [-0.4, -0.2) is 5.78 Å². The molecule has 0 radical (unpaired) electrons. The topological polar surface area (TPSA) is 17.1 Å². The highest BCUT2D eigenvalue weighted by Crippen LogP contribution is 2.33. The number of Topliss-reactive ketones (excluding diaryl/α,β-unsaturated/α-hetero) is 1. The number of ketones is 1. The molecule has 1 aromatic rings. The van der Waals surface area contributed by atoms with Gasteiger partial charge in [0.25, 0.3) is 0 Å². The zero-order valence-corrected chi connectivity index (χ0v) is 10.1. The van der Waals surface area contributed by atoms with E-state index in [1.807, 2.05) is 0 Å². The minimum atomic E-state index is -0.991. The molecule has 2 unspecified atom stereocenters. The Bertz CT molecular complexity index is 454. The zero-order valence-electron chi connectivity index (χ0n) is 10.1. The molecule has 0 aliphatic heterocycles. The number of rotatable bonds is 2. The smallest absolute Gasteiger partial charge is 0.169 e. The fourth-order valence-corrected chi connectivity index (χ4v) is 2.50. The molecule has 1 nitrogen and oxygen atoms in total. The Kier molecular flexibility index (Phi) is 3.27. The minimum absolute atomic E-state index is 0.0906. The lowest BCUT2D eigenvalue weighted by Crippen LogP contribution is -2.14. The van der Waals surface area contributed by atoms with Gasteiger partial charge in [0.05, 0.1) is 5.56 Å². The second kappa shape index (κ2) is 4.55. The fourth-order valence-electron chi connectivity index (χ4n) is 2.50. The fraction of sp³-hybridized carbons (Fsp3) is 0.500. The average Bonchev–Trinajstić information content (AvgIpc) is 2.72. The van der Waals surface area contributed by atoms with Gasteiger partial charge in [0.15, 0.2) is 17.4 Å². The molecule has 0 heterocycles. The van der Waals surface area contributed by atoms with Crippen LogP contribution in [0.5, 0.6) is 0 Å². The highest BCUT2D eigenvalue weighted by Gasteiger charge is 2.30. The summed E-state index contributed by atoms with van der Waals surface area (Å²) in [6.07, 6.45) is 2.56. The molecule has 1 fully saturated rings. The van der Waals surface area contributed by atoms with E-state index in [2.05, 4.69) is 6.92 Å². The predicted molar refractivity (Wildman–Crippen MR) is 61.9 cm³/mol. The van der Waals surface area contributed by atoms with Crippen LogP contribution in [0.25, 0.3) is 0 Å². The van der Waals surface area contributed by atoms with Gasteiger partial charge in [-0.05, 0) is 43.7 Å². The maximum absolute atomic E-state index is 13.7. The summed E-state index contributed by atoms with van der Waals surface area (Å²) in [6.45, 7) is 3.57. The van der Waals surface area contributed by atoms with Gasteiger partial charge in [0.1, 0.15) is 0 Å². The number of aryl methyl sites for hydroxylation is 1. The number of hydrogen-bond donors (Lipinski definition) is 0. The molecule has 2 rings (SSSR count). The van der Waals surface area contributed by atoms with Crippen molar-refractivity contribution in [1.82, 2.24) is 0 Å². The van der Waals surface area contributed by atoms with Crippen molar-refractivity contribution in [2.45, 2.75) is 33.1 Å². The Balaban J connectivity index is 2.29. The molecule has 0 bridgehead atoms. The third-order valence-corrected chi connectivity index (χ3v) is 3.61. The lowest BCUT2D eigenvalue weighted by molar-refractivity contribution is 0.0915. The van der Waals surface area contributed by atoms with Gasteiger partial charge < -0.3 is 0 Å². The van der Waals surface area contributed by atoms with E-state index < -0.39 is 11.6 Å². The van der Waals surface area contributed by atoms with Crippen molar-refractivity contribution in [2.24, 2.45) is 11.8 Å². The molecule has 1 saturated carbocycles. The molecule has 17 heavy (non-hydrogen) atoms. The van der Waals surface area contributed by atoms with E-state index in [1.54, 1.807) is 0 Å². The Morgan fingerprint density at radius 3 is 2.53 bits per heavy atom. The first-order valence-electron chi connectivity index (χ1n) is 5.99. The molecule has 0 aromatic heterocycles. The van der Waals surface area contributed by atoms with Crippen LogP contribution in [0, 0.1) is 30.4 Å². The molecule has 1 aromatic carbocycles. The highest BCUT2D eigenvalue weighted by atomic mass is 19.2. The van der Waals surface area contributed by atoms with E-state index in [9.17, 15) is 13.6 Å². The molecular formula is C14H16F2O. The Labute approximate surface area is 99.8 Å². The lowest BCUT2D eigenvalue weighted by atomic mass is 9.94. The van der Waals surface area contributed by atoms with E-state index in [1.165, 1.54) is 19.1 Å². The van der Waals surface area contributed by atoms with Crippen molar-refractivity contribution < 1.29 is 13.6 Å². The normalized spacial score (nSPS) is 24.0. The highest BCUT2D eigenvalue weighted by molar-refractivity contribution is 5.98.